The molecule has 0 spiro atoms. The second-order valence-corrected chi connectivity index (χ2v) is 6.71. The number of ether oxygens (including phenoxy) is 1. The van der Waals surface area contributed by atoms with Crippen LogP contribution in [-0.4, -0.2) is 63.2 Å². The Hall–Kier alpha value is -1.06. The van der Waals surface area contributed by atoms with Crippen molar-refractivity contribution in [3.8, 4) is 0 Å². The minimum absolute atomic E-state index is 0. The molecule has 1 aromatic carbocycles. The molecule has 8 heteroatoms. The number of nitrogens with one attached hydrogen (secondary N) is 2. The highest BCUT2D eigenvalue weighted by Crippen LogP contribution is 2.11. The van der Waals surface area contributed by atoms with Gasteiger partial charge in [-0.2, -0.15) is 0 Å². The molecule has 1 amide bonds. The van der Waals surface area contributed by atoms with Crippen molar-refractivity contribution in [3.05, 3.63) is 34.9 Å². The minimum atomic E-state index is -0.0342. The zero-order valence-corrected chi connectivity index (χ0v) is 18.4. The van der Waals surface area contributed by atoms with E-state index in [1.54, 1.807) is 14.1 Å². The molecule has 26 heavy (non-hydrogen) atoms. The van der Waals surface area contributed by atoms with Crippen LogP contribution in [0.15, 0.2) is 29.3 Å². The monoisotopic (exact) mass is 494 g/mol. The van der Waals surface area contributed by atoms with Gasteiger partial charge in [-0.25, -0.2) is 4.99 Å². The summed E-state index contributed by atoms with van der Waals surface area (Å²) in [4.78, 5) is 17.7. The highest BCUT2D eigenvalue weighted by Gasteiger charge is 2.15. The highest BCUT2D eigenvalue weighted by atomic mass is 127. The van der Waals surface area contributed by atoms with E-state index in [9.17, 15) is 4.79 Å². The van der Waals surface area contributed by atoms with E-state index in [-0.39, 0.29) is 42.5 Å². The lowest BCUT2D eigenvalue weighted by Crippen LogP contribution is -2.42. The first kappa shape index (κ1) is 23.0. The molecule has 0 saturated carbocycles. The summed E-state index contributed by atoms with van der Waals surface area (Å²) in [5.41, 5.74) is 1.16. The number of amides is 1. The van der Waals surface area contributed by atoms with Crippen LogP contribution in [0.5, 0.6) is 0 Å². The van der Waals surface area contributed by atoms with E-state index in [4.69, 9.17) is 16.3 Å². The van der Waals surface area contributed by atoms with Crippen LogP contribution in [0.2, 0.25) is 5.02 Å². The van der Waals surface area contributed by atoms with Gasteiger partial charge in [-0.15, -0.1) is 24.0 Å². The Balaban J connectivity index is 0.00000338. The maximum Gasteiger partial charge on any atom is 0.243 e. The Labute approximate surface area is 177 Å². The number of likely N-dealkylation sites (N-methyl/N-ethyl adjacent to an activating group) is 1. The highest BCUT2D eigenvalue weighted by molar-refractivity contribution is 14.0. The van der Waals surface area contributed by atoms with E-state index in [0.717, 1.165) is 36.5 Å². The molecule has 146 valence electrons. The summed E-state index contributed by atoms with van der Waals surface area (Å²) in [6.45, 7) is 2.33. The molecule has 1 saturated heterocycles. The average molecular weight is 495 g/mol. The zero-order chi connectivity index (χ0) is 18.1. The number of aliphatic imine (C=N–C) groups is 1. The van der Waals surface area contributed by atoms with Gasteiger partial charge in [0, 0.05) is 38.8 Å². The maximum absolute atomic E-state index is 11.8. The summed E-state index contributed by atoms with van der Waals surface area (Å²) in [7, 11) is 3.45. The van der Waals surface area contributed by atoms with E-state index in [1.807, 2.05) is 24.3 Å². The summed E-state index contributed by atoms with van der Waals surface area (Å²) >= 11 is 6.01. The molecule has 1 aromatic rings. The van der Waals surface area contributed by atoms with Gasteiger partial charge in [0.05, 0.1) is 6.10 Å². The fraction of sp³-hybridized carbons (Fsp3) is 0.556. The van der Waals surface area contributed by atoms with Crippen molar-refractivity contribution >= 4 is 47.4 Å². The largest absolute Gasteiger partial charge is 0.376 e. The van der Waals surface area contributed by atoms with E-state index >= 15 is 0 Å². The van der Waals surface area contributed by atoms with Gasteiger partial charge in [0.25, 0.3) is 0 Å². The van der Waals surface area contributed by atoms with Gasteiger partial charge in [0.2, 0.25) is 5.91 Å². The molecule has 1 fully saturated rings. The SMILES string of the molecule is CN(C)C(=O)CN=C(NCCc1cccc(Cl)c1)NCC1CCCO1.I. The van der Waals surface area contributed by atoms with Crippen LogP contribution in [0, 0.1) is 0 Å². The summed E-state index contributed by atoms with van der Waals surface area (Å²) < 4.78 is 5.62. The molecule has 0 aromatic heterocycles. The van der Waals surface area contributed by atoms with Crippen LogP contribution in [0.4, 0.5) is 0 Å². The fourth-order valence-electron chi connectivity index (χ4n) is 2.50. The van der Waals surface area contributed by atoms with E-state index in [2.05, 4.69) is 15.6 Å². The van der Waals surface area contributed by atoms with E-state index in [1.165, 1.54) is 4.90 Å². The molecule has 2 N–H and O–H groups in total. The molecule has 1 aliphatic rings. The molecular weight excluding hydrogens is 467 g/mol. The molecule has 1 unspecified atom stereocenters. The van der Waals surface area contributed by atoms with Gasteiger partial charge in [-0.1, -0.05) is 23.7 Å². The van der Waals surface area contributed by atoms with Crippen LogP contribution in [0.3, 0.4) is 0 Å². The number of halogens is 2. The van der Waals surface area contributed by atoms with Crippen molar-refractivity contribution in [2.24, 2.45) is 4.99 Å². The van der Waals surface area contributed by atoms with Crippen LogP contribution in [0.25, 0.3) is 0 Å². The average Bonchev–Trinajstić information content (AvgIpc) is 3.10. The molecule has 0 radical (unpaired) electrons. The third-order valence-corrected chi connectivity index (χ3v) is 4.22. The molecule has 1 heterocycles. The van der Waals surface area contributed by atoms with E-state index in [0.29, 0.717) is 19.0 Å². The van der Waals surface area contributed by atoms with Crippen LogP contribution >= 0.6 is 35.6 Å². The van der Waals surface area contributed by atoms with Crippen LogP contribution < -0.4 is 10.6 Å². The Morgan fingerprint density at radius 1 is 1.38 bits per heavy atom. The summed E-state index contributed by atoms with van der Waals surface area (Å²) in [5.74, 6) is 0.598. The van der Waals surface area contributed by atoms with Crippen LogP contribution in [0.1, 0.15) is 18.4 Å². The summed E-state index contributed by atoms with van der Waals surface area (Å²) in [5, 5.41) is 7.28. The third kappa shape index (κ3) is 8.55. The summed E-state index contributed by atoms with van der Waals surface area (Å²) in [6, 6.07) is 7.80. The van der Waals surface area contributed by atoms with Crippen molar-refractivity contribution in [2.45, 2.75) is 25.4 Å². The number of carbonyl (C=O) groups excluding carboxylic acids is 1. The Morgan fingerprint density at radius 3 is 2.85 bits per heavy atom. The van der Waals surface area contributed by atoms with Crippen molar-refractivity contribution in [2.75, 3.05) is 40.3 Å². The van der Waals surface area contributed by atoms with E-state index < -0.39 is 0 Å². The molecule has 2 rings (SSSR count). The Bertz CT molecular complexity index is 592. The van der Waals surface area contributed by atoms with Gasteiger partial charge in [-0.05, 0) is 37.0 Å². The lowest BCUT2D eigenvalue weighted by Gasteiger charge is -2.16. The normalized spacial score (nSPS) is 16.7. The molecule has 1 aliphatic heterocycles. The lowest BCUT2D eigenvalue weighted by atomic mass is 10.1. The number of nitrogens with zero attached hydrogens (tertiary/aromatic N) is 2. The van der Waals surface area contributed by atoms with Crippen molar-refractivity contribution in [1.29, 1.82) is 0 Å². The number of benzene rings is 1. The number of carbonyl (C=O) groups is 1. The summed E-state index contributed by atoms with van der Waals surface area (Å²) in [6.07, 6.45) is 3.19. The maximum atomic E-state index is 11.8. The number of hydrogen-bond acceptors (Lipinski definition) is 3. The Kier molecular flexibility index (Phi) is 10.9. The topological polar surface area (TPSA) is 66.0 Å². The first-order valence-corrected chi connectivity index (χ1v) is 9.01. The third-order valence-electron chi connectivity index (χ3n) is 3.99. The van der Waals surface area contributed by atoms with Gasteiger partial charge in [0.15, 0.2) is 5.96 Å². The second kappa shape index (κ2) is 12.3. The second-order valence-electron chi connectivity index (χ2n) is 6.28. The molecule has 6 nitrogen and oxygen atoms in total. The van der Waals surface area contributed by atoms with Gasteiger partial charge in [-0.3, -0.25) is 4.79 Å². The lowest BCUT2D eigenvalue weighted by molar-refractivity contribution is -0.127. The smallest absolute Gasteiger partial charge is 0.243 e. The molecule has 1 atom stereocenters. The Morgan fingerprint density at radius 2 is 2.19 bits per heavy atom. The van der Waals surface area contributed by atoms with Gasteiger partial charge < -0.3 is 20.3 Å². The van der Waals surface area contributed by atoms with Gasteiger partial charge in [0.1, 0.15) is 6.54 Å². The fourth-order valence-corrected chi connectivity index (χ4v) is 2.71. The van der Waals surface area contributed by atoms with Crippen molar-refractivity contribution in [1.82, 2.24) is 15.5 Å². The molecular formula is C18H28ClIN4O2. The van der Waals surface area contributed by atoms with Gasteiger partial charge >= 0.3 is 0 Å². The molecule has 0 bridgehead atoms. The van der Waals surface area contributed by atoms with Crippen molar-refractivity contribution < 1.29 is 9.53 Å². The number of rotatable bonds is 7. The number of hydrogen-bond donors (Lipinski definition) is 2. The minimum Gasteiger partial charge on any atom is -0.376 e. The predicted molar refractivity (Wildman–Crippen MR) is 117 cm³/mol. The van der Waals surface area contributed by atoms with Crippen LogP contribution in [-0.2, 0) is 16.0 Å². The first-order chi connectivity index (χ1) is 12.0. The first-order valence-electron chi connectivity index (χ1n) is 8.63. The quantitative estimate of drug-likeness (QED) is 0.347. The standard InChI is InChI=1S/C18H27ClN4O2.HI/c1-23(2)17(24)13-22-18(21-12-16-7-4-10-25-16)20-9-8-14-5-3-6-15(19)11-14;/h3,5-6,11,16H,4,7-10,12-13H2,1-2H3,(H2,20,21,22);1H. The predicted octanol–water partition coefficient (Wildman–Crippen LogP) is 2.30. The van der Waals surface area contributed by atoms with Crippen molar-refractivity contribution in [3.63, 3.8) is 0 Å². The number of guanidine groups is 1. The zero-order valence-electron chi connectivity index (χ0n) is 15.3. The molecule has 0 aliphatic carbocycles.